The van der Waals surface area contributed by atoms with Gasteiger partial charge in [0.2, 0.25) is 0 Å². The van der Waals surface area contributed by atoms with E-state index < -0.39 is 0 Å². The molecule has 1 aromatic heterocycles. The summed E-state index contributed by atoms with van der Waals surface area (Å²) >= 11 is 7.30. The van der Waals surface area contributed by atoms with E-state index in [4.69, 9.17) is 17.3 Å². The van der Waals surface area contributed by atoms with Crippen LogP contribution in [0.2, 0.25) is 5.02 Å². The minimum Gasteiger partial charge on any atom is -0.399 e. The van der Waals surface area contributed by atoms with Crippen LogP contribution in [0.4, 0.5) is 5.69 Å². The second-order valence-electron chi connectivity index (χ2n) is 4.00. The molecule has 0 unspecified atom stereocenters. The molecule has 1 heterocycles. The van der Waals surface area contributed by atoms with Gasteiger partial charge in [-0.3, -0.25) is 4.79 Å². The van der Waals surface area contributed by atoms with E-state index in [9.17, 15) is 4.79 Å². The van der Waals surface area contributed by atoms with E-state index in [-0.39, 0.29) is 5.91 Å². The van der Waals surface area contributed by atoms with Crippen LogP contribution < -0.4 is 5.73 Å². The van der Waals surface area contributed by atoms with Crippen LogP contribution in [0, 0.1) is 0 Å². The maximum Gasteiger partial charge on any atom is 0.265 e. The van der Waals surface area contributed by atoms with Crippen molar-refractivity contribution in [2.45, 2.75) is 6.54 Å². The van der Waals surface area contributed by atoms with Crippen LogP contribution in [0.25, 0.3) is 0 Å². The maximum absolute atomic E-state index is 12.1. The third-order valence-corrected chi connectivity index (χ3v) is 3.89. The Labute approximate surface area is 115 Å². The number of rotatable bonds is 3. The Hall–Kier alpha value is -1.52. The lowest BCUT2D eigenvalue weighted by Crippen LogP contribution is -2.25. The van der Waals surface area contributed by atoms with Crippen LogP contribution in [-0.2, 0) is 6.54 Å². The average Bonchev–Trinajstić information content (AvgIpc) is 2.77. The van der Waals surface area contributed by atoms with Crippen LogP contribution in [-0.4, -0.2) is 17.9 Å². The fourth-order valence-corrected chi connectivity index (χ4v) is 2.72. The van der Waals surface area contributed by atoms with Gasteiger partial charge >= 0.3 is 0 Å². The van der Waals surface area contributed by atoms with Crippen molar-refractivity contribution in [1.82, 2.24) is 4.90 Å². The van der Waals surface area contributed by atoms with Crippen LogP contribution in [0.15, 0.2) is 35.7 Å². The van der Waals surface area contributed by atoms with E-state index in [0.29, 0.717) is 22.1 Å². The molecular weight excluding hydrogens is 268 g/mol. The topological polar surface area (TPSA) is 46.3 Å². The Morgan fingerprint density at radius 3 is 2.56 bits per heavy atom. The van der Waals surface area contributed by atoms with Gasteiger partial charge in [0.1, 0.15) is 4.88 Å². The van der Waals surface area contributed by atoms with Gasteiger partial charge in [-0.2, -0.15) is 0 Å². The second kappa shape index (κ2) is 5.42. The zero-order chi connectivity index (χ0) is 13.1. The Bertz CT molecular complexity index is 550. The smallest absolute Gasteiger partial charge is 0.265 e. The highest BCUT2D eigenvalue weighted by Gasteiger charge is 2.16. The molecule has 1 aromatic carbocycles. The van der Waals surface area contributed by atoms with E-state index in [1.165, 1.54) is 11.3 Å². The van der Waals surface area contributed by atoms with Crippen molar-refractivity contribution in [3.05, 3.63) is 51.2 Å². The molecule has 2 rings (SSSR count). The zero-order valence-electron chi connectivity index (χ0n) is 9.89. The Morgan fingerprint density at radius 1 is 1.33 bits per heavy atom. The van der Waals surface area contributed by atoms with Gasteiger partial charge in [-0.15, -0.1) is 11.3 Å². The number of thiophene rings is 1. The normalized spacial score (nSPS) is 10.3. The third-order valence-electron chi connectivity index (χ3n) is 2.56. The van der Waals surface area contributed by atoms with Gasteiger partial charge in [0, 0.05) is 19.3 Å². The number of hydrogen-bond donors (Lipinski definition) is 1. The van der Waals surface area contributed by atoms with Gasteiger partial charge in [0.05, 0.1) is 5.02 Å². The van der Waals surface area contributed by atoms with Gasteiger partial charge < -0.3 is 10.6 Å². The quantitative estimate of drug-likeness (QED) is 0.877. The van der Waals surface area contributed by atoms with Crippen LogP contribution in [0.3, 0.4) is 0 Å². The SMILES string of the molecule is CN(Cc1ccc(N)cc1)C(=O)c1sccc1Cl. The zero-order valence-corrected chi connectivity index (χ0v) is 11.5. The molecule has 3 nitrogen and oxygen atoms in total. The van der Waals surface area contributed by atoms with E-state index in [0.717, 1.165) is 5.56 Å². The molecule has 2 aromatic rings. The molecule has 0 saturated heterocycles. The number of nitrogens with two attached hydrogens (primary N) is 1. The van der Waals surface area contributed by atoms with E-state index in [1.807, 2.05) is 29.6 Å². The molecule has 0 saturated carbocycles. The van der Waals surface area contributed by atoms with Crippen molar-refractivity contribution in [3.63, 3.8) is 0 Å². The van der Waals surface area contributed by atoms with Gasteiger partial charge in [-0.1, -0.05) is 23.7 Å². The summed E-state index contributed by atoms with van der Waals surface area (Å²) in [5.41, 5.74) is 7.37. The van der Waals surface area contributed by atoms with Gasteiger partial charge in [0.15, 0.2) is 0 Å². The number of hydrogen-bond acceptors (Lipinski definition) is 3. The largest absolute Gasteiger partial charge is 0.399 e. The number of carbonyl (C=O) groups excluding carboxylic acids is 1. The number of nitrogen functional groups attached to an aromatic ring is 1. The van der Waals surface area contributed by atoms with Gasteiger partial charge in [-0.05, 0) is 29.1 Å². The molecule has 0 aliphatic carbocycles. The summed E-state index contributed by atoms with van der Waals surface area (Å²) in [5.74, 6) is -0.0631. The number of carbonyl (C=O) groups is 1. The van der Waals surface area contributed by atoms with Crippen LogP contribution >= 0.6 is 22.9 Å². The van der Waals surface area contributed by atoms with Crippen molar-refractivity contribution in [2.24, 2.45) is 0 Å². The van der Waals surface area contributed by atoms with Gasteiger partial charge in [-0.25, -0.2) is 0 Å². The first-order chi connectivity index (χ1) is 8.58. The summed E-state index contributed by atoms with van der Waals surface area (Å²) < 4.78 is 0. The Kier molecular flexibility index (Phi) is 3.89. The first kappa shape index (κ1) is 12.9. The highest BCUT2D eigenvalue weighted by atomic mass is 35.5. The molecule has 2 N–H and O–H groups in total. The summed E-state index contributed by atoms with van der Waals surface area (Å²) in [6.07, 6.45) is 0. The molecular formula is C13H13ClN2OS. The molecule has 0 fully saturated rings. The minimum atomic E-state index is -0.0631. The second-order valence-corrected chi connectivity index (χ2v) is 5.32. The summed E-state index contributed by atoms with van der Waals surface area (Å²) in [6.45, 7) is 0.535. The predicted molar refractivity (Wildman–Crippen MR) is 76.0 cm³/mol. The standard InChI is InChI=1S/C13H13ClN2OS/c1-16(8-9-2-4-10(15)5-3-9)13(17)12-11(14)6-7-18-12/h2-7H,8,15H2,1H3. The molecule has 0 aliphatic heterocycles. The molecule has 94 valence electrons. The number of halogens is 1. The molecule has 5 heteroatoms. The lowest BCUT2D eigenvalue weighted by Gasteiger charge is -2.16. The molecule has 18 heavy (non-hydrogen) atoms. The highest BCUT2D eigenvalue weighted by molar-refractivity contribution is 7.12. The molecule has 0 aliphatic rings. The molecule has 0 atom stereocenters. The van der Waals surface area contributed by atoms with Gasteiger partial charge in [0.25, 0.3) is 5.91 Å². The first-order valence-electron chi connectivity index (χ1n) is 5.41. The van der Waals surface area contributed by atoms with Crippen LogP contribution in [0.1, 0.15) is 15.2 Å². The Balaban J connectivity index is 2.08. The fraction of sp³-hybridized carbons (Fsp3) is 0.154. The number of amides is 1. The fourth-order valence-electron chi connectivity index (χ4n) is 1.59. The predicted octanol–water partition coefficient (Wildman–Crippen LogP) is 3.26. The van der Waals surface area contributed by atoms with Crippen molar-refractivity contribution in [3.8, 4) is 0 Å². The monoisotopic (exact) mass is 280 g/mol. The highest BCUT2D eigenvalue weighted by Crippen LogP contribution is 2.23. The third kappa shape index (κ3) is 2.83. The van der Waals surface area contributed by atoms with Crippen molar-refractivity contribution in [2.75, 3.05) is 12.8 Å². The van der Waals surface area contributed by atoms with Crippen molar-refractivity contribution in [1.29, 1.82) is 0 Å². The van der Waals surface area contributed by atoms with E-state index in [2.05, 4.69) is 0 Å². The average molecular weight is 281 g/mol. The van der Waals surface area contributed by atoms with E-state index in [1.54, 1.807) is 18.0 Å². The molecule has 0 spiro atoms. The summed E-state index contributed by atoms with van der Waals surface area (Å²) in [7, 11) is 1.76. The first-order valence-corrected chi connectivity index (χ1v) is 6.66. The summed E-state index contributed by atoms with van der Waals surface area (Å²) in [5, 5.41) is 2.32. The molecule has 1 amide bonds. The molecule has 0 bridgehead atoms. The summed E-state index contributed by atoms with van der Waals surface area (Å²) in [4.78, 5) is 14.3. The lowest BCUT2D eigenvalue weighted by atomic mass is 10.2. The Morgan fingerprint density at radius 2 is 2.00 bits per heavy atom. The number of benzene rings is 1. The maximum atomic E-state index is 12.1. The lowest BCUT2D eigenvalue weighted by molar-refractivity contribution is 0.0790. The minimum absolute atomic E-state index is 0.0631. The number of nitrogens with zero attached hydrogens (tertiary/aromatic N) is 1. The summed E-state index contributed by atoms with van der Waals surface area (Å²) in [6, 6.07) is 9.21. The number of anilines is 1. The van der Waals surface area contributed by atoms with Crippen molar-refractivity contribution < 1.29 is 4.79 Å². The van der Waals surface area contributed by atoms with E-state index >= 15 is 0 Å². The van der Waals surface area contributed by atoms with Crippen LogP contribution in [0.5, 0.6) is 0 Å². The molecule has 0 radical (unpaired) electrons. The van der Waals surface area contributed by atoms with Crippen molar-refractivity contribution >= 4 is 34.5 Å².